The van der Waals surface area contributed by atoms with Gasteiger partial charge in [-0.05, 0) is 29.8 Å². The molecule has 0 aliphatic heterocycles. The number of hydrogen-bond acceptors (Lipinski definition) is 5. The molecule has 23 heavy (non-hydrogen) atoms. The number of carboxylic acid groups (broad SMARTS) is 1. The number of hydrogen-bond donors (Lipinski definition) is 1. The summed E-state index contributed by atoms with van der Waals surface area (Å²) < 4.78 is 5.08. The molecule has 0 spiro atoms. The molecule has 2 rings (SSSR count). The summed E-state index contributed by atoms with van der Waals surface area (Å²) in [4.78, 5) is 22.4. The maximum Gasteiger partial charge on any atom is 0.336 e. The number of thioether (sulfide) groups is 1. The Morgan fingerprint density at radius 3 is 2.48 bits per heavy atom. The minimum absolute atomic E-state index is 0.138. The van der Waals surface area contributed by atoms with Gasteiger partial charge in [0.15, 0.2) is 0 Å². The number of methoxy groups -OCH3 is 1. The van der Waals surface area contributed by atoms with Crippen molar-refractivity contribution in [2.24, 2.45) is 0 Å². The summed E-state index contributed by atoms with van der Waals surface area (Å²) >= 11 is 1.18. The summed E-state index contributed by atoms with van der Waals surface area (Å²) in [6, 6.07) is 13.5. The lowest BCUT2D eigenvalue weighted by atomic mass is 10.1. The molecule has 0 aromatic heterocycles. The van der Waals surface area contributed by atoms with Gasteiger partial charge in [0.25, 0.3) is 0 Å². The predicted octanol–water partition coefficient (Wildman–Crippen LogP) is 3.50. The van der Waals surface area contributed by atoms with Crippen LogP contribution < -0.4 is 4.74 Å². The molecule has 1 N–H and O–H groups in total. The molecule has 120 valence electrons. The lowest BCUT2D eigenvalue weighted by Gasteiger charge is -2.15. The maximum absolute atomic E-state index is 11.3. The molecule has 7 heteroatoms. The van der Waals surface area contributed by atoms with Gasteiger partial charge in [-0.1, -0.05) is 24.3 Å². The number of aromatic carboxylic acids is 1. The normalized spacial score (nSPS) is 11.7. The molecule has 0 radical (unpaired) electrons. The summed E-state index contributed by atoms with van der Waals surface area (Å²) in [5.74, 6) is -0.396. The van der Waals surface area contributed by atoms with E-state index in [1.807, 2.05) is 0 Å². The first-order valence-corrected chi connectivity index (χ1v) is 7.64. The van der Waals surface area contributed by atoms with Gasteiger partial charge in [-0.2, -0.15) is 0 Å². The van der Waals surface area contributed by atoms with Gasteiger partial charge in [-0.3, -0.25) is 10.1 Å². The van der Waals surface area contributed by atoms with Crippen molar-refractivity contribution in [3.05, 3.63) is 69.8 Å². The fourth-order valence-electron chi connectivity index (χ4n) is 2.06. The third-order valence-electron chi connectivity index (χ3n) is 3.19. The second kappa shape index (κ2) is 7.64. The molecule has 0 aliphatic rings. The molecule has 0 saturated carbocycles. The summed E-state index contributed by atoms with van der Waals surface area (Å²) in [5, 5.41) is 19.7. The predicted molar refractivity (Wildman–Crippen MR) is 86.9 cm³/mol. The first kappa shape index (κ1) is 16.8. The van der Waals surface area contributed by atoms with E-state index in [-0.39, 0.29) is 12.1 Å². The van der Waals surface area contributed by atoms with E-state index in [4.69, 9.17) is 4.74 Å². The highest BCUT2D eigenvalue weighted by molar-refractivity contribution is 7.99. The summed E-state index contributed by atoms with van der Waals surface area (Å²) in [7, 11) is 1.54. The van der Waals surface area contributed by atoms with E-state index in [0.29, 0.717) is 10.6 Å². The minimum atomic E-state index is -1.05. The molecule has 0 unspecified atom stereocenters. The van der Waals surface area contributed by atoms with Gasteiger partial charge in [-0.25, -0.2) is 4.79 Å². The molecule has 0 fully saturated rings. The van der Waals surface area contributed by atoms with E-state index in [9.17, 15) is 20.0 Å². The van der Waals surface area contributed by atoms with Crippen molar-refractivity contribution in [2.75, 3.05) is 13.7 Å². The number of rotatable bonds is 7. The first-order chi connectivity index (χ1) is 11.0. The molecule has 6 nitrogen and oxygen atoms in total. The summed E-state index contributed by atoms with van der Waals surface area (Å²) in [6.45, 7) is -0.301. The monoisotopic (exact) mass is 333 g/mol. The molecular formula is C16H15NO5S. The Morgan fingerprint density at radius 2 is 1.91 bits per heavy atom. The highest BCUT2D eigenvalue weighted by atomic mass is 32.2. The van der Waals surface area contributed by atoms with Crippen LogP contribution >= 0.6 is 11.8 Å². The number of benzene rings is 2. The van der Waals surface area contributed by atoms with E-state index in [2.05, 4.69) is 0 Å². The van der Waals surface area contributed by atoms with Crippen molar-refractivity contribution in [3.63, 3.8) is 0 Å². The van der Waals surface area contributed by atoms with Crippen molar-refractivity contribution in [3.8, 4) is 5.75 Å². The van der Waals surface area contributed by atoms with E-state index in [0.717, 1.165) is 5.56 Å². The number of carboxylic acids is 1. The highest BCUT2D eigenvalue weighted by Gasteiger charge is 2.22. The summed E-state index contributed by atoms with van der Waals surface area (Å²) in [5.41, 5.74) is 0.882. The SMILES string of the molecule is COc1ccc([C@H](C[N+](=O)[O-])Sc2ccccc2C(=O)O)cc1. The molecule has 1 atom stereocenters. The fourth-order valence-corrected chi connectivity index (χ4v) is 3.30. The Labute approximate surface area is 137 Å². The van der Waals surface area contributed by atoms with Crippen LogP contribution in [0.15, 0.2) is 53.4 Å². The zero-order chi connectivity index (χ0) is 16.8. The number of nitrogens with zero attached hydrogens (tertiary/aromatic N) is 1. The van der Waals surface area contributed by atoms with Crippen LogP contribution in [-0.2, 0) is 0 Å². The van der Waals surface area contributed by atoms with Gasteiger partial charge in [0.2, 0.25) is 6.54 Å². The van der Waals surface area contributed by atoms with Crippen molar-refractivity contribution < 1.29 is 19.6 Å². The summed E-state index contributed by atoms with van der Waals surface area (Å²) in [6.07, 6.45) is 0. The molecule has 0 heterocycles. The van der Waals surface area contributed by atoms with Crippen LogP contribution in [-0.4, -0.2) is 29.7 Å². The van der Waals surface area contributed by atoms with Crippen LogP contribution in [0, 0.1) is 10.1 Å². The number of carbonyl (C=O) groups is 1. The smallest absolute Gasteiger partial charge is 0.336 e. The fraction of sp³-hybridized carbons (Fsp3) is 0.188. The molecule has 0 bridgehead atoms. The molecule has 2 aromatic rings. The van der Waals surface area contributed by atoms with Crippen LogP contribution in [0.2, 0.25) is 0 Å². The van der Waals surface area contributed by atoms with Crippen molar-refractivity contribution >= 4 is 17.7 Å². The third kappa shape index (κ3) is 4.46. The molecule has 0 aliphatic carbocycles. The Hall–Kier alpha value is -2.54. The quantitative estimate of drug-likeness (QED) is 0.474. The minimum Gasteiger partial charge on any atom is -0.497 e. The molecule has 2 aromatic carbocycles. The largest absolute Gasteiger partial charge is 0.497 e. The standard InChI is InChI=1S/C16H15NO5S/c1-22-12-8-6-11(7-9-12)15(10-17(20)21)23-14-5-3-2-4-13(14)16(18)19/h2-9,15H,10H2,1H3,(H,18,19)/t15-/m0/s1. The molecule has 0 saturated heterocycles. The van der Waals surface area contributed by atoms with Gasteiger partial charge >= 0.3 is 5.97 Å². The molecule has 0 amide bonds. The average Bonchev–Trinajstić information content (AvgIpc) is 2.54. The number of nitro groups is 1. The Balaban J connectivity index is 2.32. The second-order valence-electron chi connectivity index (χ2n) is 4.70. The van der Waals surface area contributed by atoms with E-state index in [1.165, 1.54) is 17.8 Å². The van der Waals surface area contributed by atoms with Crippen molar-refractivity contribution in [1.29, 1.82) is 0 Å². The van der Waals surface area contributed by atoms with Gasteiger partial charge in [0, 0.05) is 9.82 Å². The molecular weight excluding hydrogens is 318 g/mol. The number of ether oxygens (including phenoxy) is 1. The lowest BCUT2D eigenvalue weighted by molar-refractivity contribution is -0.479. The lowest BCUT2D eigenvalue weighted by Crippen LogP contribution is -2.10. The van der Waals surface area contributed by atoms with E-state index in [1.54, 1.807) is 49.6 Å². The third-order valence-corrected chi connectivity index (χ3v) is 4.50. The van der Waals surface area contributed by atoms with Crippen molar-refractivity contribution in [1.82, 2.24) is 0 Å². The Bertz CT molecular complexity index is 702. The van der Waals surface area contributed by atoms with Crippen LogP contribution in [0.3, 0.4) is 0 Å². The average molecular weight is 333 g/mol. The van der Waals surface area contributed by atoms with Crippen LogP contribution in [0.25, 0.3) is 0 Å². The van der Waals surface area contributed by atoms with Crippen LogP contribution in [0.4, 0.5) is 0 Å². The topological polar surface area (TPSA) is 89.7 Å². The first-order valence-electron chi connectivity index (χ1n) is 6.76. The maximum atomic E-state index is 11.3. The highest BCUT2D eigenvalue weighted by Crippen LogP contribution is 2.37. The Kier molecular flexibility index (Phi) is 5.59. The zero-order valence-corrected chi connectivity index (χ0v) is 13.2. The van der Waals surface area contributed by atoms with Gasteiger partial charge < -0.3 is 9.84 Å². The van der Waals surface area contributed by atoms with Crippen molar-refractivity contribution in [2.45, 2.75) is 10.1 Å². The Morgan fingerprint density at radius 1 is 1.26 bits per heavy atom. The van der Waals surface area contributed by atoms with Crippen LogP contribution in [0.5, 0.6) is 5.75 Å². The van der Waals surface area contributed by atoms with Gasteiger partial charge in [-0.15, -0.1) is 11.8 Å². The van der Waals surface area contributed by atoms with Gasteiger partial charge in [0.05, 0.1) is 17.9 Å². The van der Waals surface area contributed by atoms with Gasteiger partial charge in [0.1, 0.15) is 5.75 Å². The van der Waals surface area contributed by atoms with Crippen LogP contribution in [0.1, 0.15) is 21.2 Å². The van der Waals surface area contributed by atoms with E-state index >= 15 is 0 Å². The zero-order valence-electron chi connectivity index (χ0n) is 12.3. The van der Waals surface area contributed by atoms with E-state index < -0.39 is 16.1 Å². The second-order valence-corrected chi connectivity index (χ2v) is 5.94.